The van der Waals surface area contributed by atoms with Crippen LogP contribution < -0.4 is 9.47 Å². The molecular formula is C17H14O4S. The summed E-state index contributed by atoms with van der Waals surface area (Å²) < 4.78 is 12.0. The Kier molecular flexibility index (Phi) is 3.98. The van der Waals surface area contributed by atoms with E-state index in [1.807, 2.05) is 36.4 Å². The lowest BCUT2D eigenvalue weighted by Gasteiger charge is -2.11. The maximum atomic E-state index is 11.1. The van der Waals surface area contributed by atoms with Crippen LogP contribution in [0.3, 0.4) is 0 Å². The van der Waals surface area contributed by atoms with Crippen molar-refractivity contribution >= 4 is 27.4 Å². The first-order chi connectivity index (χ1) is 10.7. The molecule has 112 valence electrons. The average Bonchev–Trinajstić information content (AvgIpc) is 2.96. The van der Waals surface area contributed by atoms with Crippen molar-refractivity contribution in [2.75, 3.05) is 7.11 Å². The fraction of sp³-hybridized carbons (Fsp3) is 0.118. The molecule has 2 aromatic carbocycles. The molecule has 1 N–H and O–H groups in total. The summed E-state index contributed by atoms with van der Waals surface area (Å²) in [5.41, 5.74) is 1.06. The molecule has 0 fully saturated rings. The Balaban J connectivity index is 1.92. The summed E-state index contributed by atoms with van der Waals surface area (Å²) in [7, 11) is 1.57. The molecule has 0 unspecified atom stereocenters. The van der Waals surface area contributed by atoms with Gasteiger partial charge < -0.3 is 14.6 Å². The van der Waals surface area contributed by atoms with Crippen molar-refractivity contribution < 1.29 is 19.4 Å². The number of carboxylic acids is 1. The predicted octanol–water partition coefficient (Wildman–Crippen LogP) is 4.19. The summed E-state index contributed by atoms with van der Waals surface area (Å²) in [5, 5.41) is 9.92. The number of aromatic carboxylic acids is 1. The first kappa shape index (κ1) is 14.4. The van der Waals surface area contributed by atoms with Gasteiger partial charge in [-0.25, -0.2) is 4.79 Å². The highest BCUT2D eigenvalue weighted by Gasteiger charge is 2.13. The topological polar surface area (TPSA) is 55.8 Å². The van der Waals surface area contributed by atoms with Crippen molar-refractivity contribution in [1.82, 2.24) is 0 Å². The van der Waals surface area contributed by atoms with Gasteiger partial charge in [-0.3, -0.25) is 0 Å². The van der Waals surface area contributed by atoms with Crippen LogP contribution in [-0.4, -0.2) is 18.2 Å². The summed E-state index contributed by atoms with van der Waals surface area (Å²) in [6, 6.07) is 15.1. The van der Waals surface area contributed by atoms with E-state index in [4.69, 9.17) is 14.6 Å². The van der Waals surface area contributed by atoms with Gasteiger partial charge in [0, 0.05) is 10.8 Å². The van der Waals surface area contributed by atoms with Crippen LogP contribution in [0.15, 0.2) is 48.5 Å². The van der Waals surface area contributed by atoms with Crippen molar-refractivity contribution in [1.29, 1.82) is 0 Å². The first-order valence-electron chi connectivity index (χ1n) is 6.69. The molecule has 0 spiro atoms. The number of fused-ring (bicyclic) bond motifs is 1. The molecule has 5 heteroatoms. The first-order valence-corrected chi connectivity index (χ1v) is 7.50. The lowest BCUT2D eigenvalue weighted by Crippen LogP contribution is -1.97. The van der Waals surface area contributed by atoms with Crippen molar-refractivity contribution in [2.45, 2.75) is 6.61 Å². The van der Waals surface area contributed by atoms with E-state index in [0.29, 0.717) is 23.0 Å². The zero-order chi connectivity index (χ0) is 15.5. The SMILES string of the molecule is COc1cc2cc(C(=O)O)sc2cc1OCc1ccccc1. The van der Waals surface area contributed by atoms with Crippen LogP contribution >= 0.6 is 11.3 Å². The molecule has 0 saturated carbocycles. The zero-order valence-corrected chi connectivity index (χ0v) is 12.7. The Hall–Kier alpha value is -2.53. The summed E-state index contributed by atoms with van der Waals surface area (Å²) in [4.78, 5) is 11.4. The molecule has 4 nitrogen and oxygen atoms in total. The average molecular weight is 314 g/mol. The molecule has 0 radical (unpaired) electrons. The Morgan fingerprint density at radius 3 is 2.59 bits per heavy atom. The number of hydrogen-bond donors (Lipinski definition) is 1. The third-order valence-electron chi connectivity index (χ3n) is 3.25. The second kappa shape index (κ2) is 6.07. The normalized spacial score (nSPS) is 10.6. The lowest BCUT2D eigenvalue weighted by atomic mass is 10.2. The molecular weight excluding hydrogens is 300 g/mol. The van der Waals surface area contributed by atoms with Gasteiger partial charge in [0.25, 0.3) is 0 Å². The second-order valence-corrected chi connectivity index (χ2v) is 5.81. The standard InChI is InChI=1S/C17H14O4S/c1-20-13-7-12-8-16(17(18)19)22-15(12)9-14(13)21-10-11-5-3-2-4-6-11/h2-9H,10H2,1H3,(H,18,19). The number of hydrogen-bond acceptors (Lipinski definition) is 4. The van der Waals surface area contributed by atoms with E-state index in [1.54, 1.807) is 19.2 Å². The van der Waals surface area contributed by atoms with E-state index in [2.05, 4.69) is 0 Å². The number of benzene rings is 2. The van der Waals surface area contributed by atoms with Gasteiger partial charge in [-0.15, -0.1) is 11.3 Å². The summed E-state index contributed by atoms with van der Waals surface area (Å²) >= 11 is 1.23. The molecule has 1 aromatic heterocycles. The van der Waals surface area contributed by atoms with Gasteiger partial charge in [0.15, 0.2) is 11.5 Å². The van der Waals surface area contributed by atoms with Crippen LogP contribution in [-0.2, 0) is 6.61 Å². The van der Waals surface area contributed by atoms with Crippen molar-refractivity contribution in [2.24, 2.45) is 0 Å². The summed E-state index contributed by atoms with van der Waals surface area (Å²) in [5.74, 6) is 0.280. The monoisotopic (exact) mass is 314 g/mol. The van der Waals surface area contributed by atoms with Gasteiger partial charge >= 0.3 is 5.97 Å². The molecule has 22 heavy (non-hydrogen) atoms. The van der Waals surface area contributed by atoms with Gasteiger partial charge in [-0.2, -0.15) is 0 Å². The van der Waals surface area contributed by atoms with Crippen LogP contribution in [0.25, 0.3) is 10.1 Å². The smallest absolute Gasteiger partial charge is 0.345 e. The summed E-state index contributed by atoms with van der Waals surface area (Å²) in [6.45, 7) is 0.430. The number of ether oxygens (including phenoxy) is 2. The van der Waals surface area contributed by atoms with Gasteiger partial charge in [0.2, 0.25) is 0 Å². The van der Waals surface area contributed by atoms with Crippen LogP contribution in [0.1, 0.15) is 15.2 Å². The summed E-state index contributed by atoms with van der Waals surface area (Å²) in [6.07, 6.45) is 0. The van der Waals surface area contributed by atoms with Gasteiger partial charge in [0.1, 0.15) is 11.5 Å². The minimum absolute atomic E-state index is 0.303. The molecule has 3 aromatic rings. The number of carbonyl (C=O) groups is 1. The van der Waals surface area contributed by atoms with Crippen LogP contribution in [0.2, 0.25) is 0 Å². The lowest BCUT2D eigenvalue weighted by molar-refractivity contribution is 0.0702. The van der Waals surface area contributed by atoms with E-state index < -0.39 is 5.97 Å². The molecule has 3 rings (SSSR count). The molecule has 0 atom stereocenters. The fourth-order valence-corrected chi connectivity index (χ4v) is 3.07. The quantitative estimate of drug-likeness (QED) is 0.767. The zero-order valence-electron chi connectivity index (χ0n) is 11.9. The van der Waals surface area contributed by atoms with Crippen LogP contribution in [0, 0.1) is 0 Å². The van der Waals surface area contributed by atoms with Crippen LogP contribution in [0.5, 0.6) is 11.5 Å². The predicted molar refractivity (Wildman–Crippen MR) is 86.1 cm³/mol. The van der Waals surface area contributed by atoms with Gasteiger partial charge in [0.05, 0.1) is 7.11 Å². The highest BCUT2D eigenvalue weighted by atomic mass is 32.1. The van der Waals surface area contributed by atoms with Crippen LogP contribution in [0.4, 0.5) is 0 Å². The van der Waals surface area contributed by atoms with E-state index in [0.717, 1.165) is 15.6 Å². The highest BCUT2D eigenvalue weighted by molar-refractivity contribution is 7.20. The van der Waals surface area contributed by atoms with Gasteiger partial charge in [-0.05, 0) is 23.1 Å². The molecule has 0 amide bonds. The van der Waals surface area contributed by atoms with E-state index in [-0.39, 0.29) is 0 Å². The fourth-order valence-electron chi connectivity index (χ4n) is 2.16. The number of methoxy groups -OCH3 is 1. The Morgan fingerprint density at radius 1 is 1.14 bits per heavy atom. The number of carboxylic acid groups (broad SMARTS) is 1. The third-order valence-corrected chi connectivity index (χ3v) is 4.34. The molecule has 0 saturated heterocycles. The van der Waals surface area contributed by atoms with Gasteiger partial charge in [-0.1, -0.05) is 30.3 Å². The molecule has 0 aliphatic carbocycles. The minimum Gasteiger partial charge on any atom is -0.493 e. The molecule has 1 heterocycles. The Labute approximate surface area is 131 Å². The van der Waals surface area contributed by atoms with Crippen molar-refractivity contribution in [3.63, 3.8) is 0 Å². The van der Waals surface area contributed by atoms with Crippen molar-refractivity contribution in [3.05, 3.63) is 59.0 Å². The number of thiophene rings is 1. The van der Waals surface area contributed by atoms with E-state index >= 15 is 0 Å². The van der Waals surface area contributed by atoms with E-state index in [9.17, 15) is 4.79 Å². The molecule has 0 aliphatic rings. The third kappa shape index (κ3) is 2.89. The minimum atomic E-state index is -0.924. The highest BCUT2D eigenvalue weighted by Crippen LogP contribution is 2.36. The largest absolute Gasteiger partial charge is 0.493 e. The molecule has 0 aliphatic heterocycles. The Morgan fingerprint density at radius 2 is 1.91 bits per heavy atom. The second-order valence-electron chi connectivity index (χ2n) is 4.73. The Bertz CT molecular complexity index is 808. The molecule has 0 bridgehead atoms. The van der Waals surface area contributed by atoms with E-state index in [1.165, 1.54) is 11.3 Å². The number of rotatable bonds is 5. The maximum absolute atomic E-state index is 11.1. The van der Waals surface area contributed by atoms with Crippen molar-refractivity contribution in [3.8, 4) is 11.5 Å². The maximum Gasteiger partial charge on any atom is 0.345 e.